The van der Waals surface area contributed by atoms with E-state index >= 15 is 0 Å². The molecular weight excluding hydrogens is 343 g/mol. The average molecular weight is 377 g/mol. The van der Waals surface area contributed by atoms with Crippen molar-refractivity contribution < 1.29 is 9.18 Å². The van der Waals surface area contributed by atoms with Crippen molar-refractivity contribution in [2.24, 2.45) is 5.92 Å². The number of benzene rings is 1. The minimum Gasteiger partial charge on any atom is -0.340 e. The Morgan fingerprint density at radius 1 is 1.15 bits per heavy atom. The lowest BCUT2D eigenvalue weighted by Crippen LogP contribution is -2.50. The van der Waals surface area contributed by atoms with Gasteiger partial charge < -0.3 is 10.2 Å². The zero-order valence-electron chi connectivity index (χ0n) is 16.7. The van der Waals surface area contributed by atoms with Gasteiger partial charge in [-0.2, -0.15) is 0 Å². The summed E-state index contributed by atoms with van der Waals surface area (Å²) in [6.07, 6.45) is 0.984. The number of nitrogens with zero attached hydrogens (tertiary/aromatic N) is 3. The molecule has 1 aromatic rings. The van der Waals surface area contributed by atoms with Crippen LogP contribution in [-0.2, 0) is 11.3 Å². The second-order valence-corrected chi connectivity index (χ2v) is 8.13. The van der Waals surface area contributed by atoms with E-state index < -0.39 is 0 Å². The zero-order valence-corrected chi connectivity index (χ0v) is 16.7. The first-order valence-electron chi connectivity index (χ1n) is 10.2. The molecule has 0 radical (unpaired) electrons. The summed E-state index contributed by atoms with van der Waals surface area (Å²) >= 11 is 0. The Morgan fingerprint density at radius 3 is 2.52 bits per heavy atom. The van der Waals surface area contributed by atoms with E-state index in [1.807, 2.05) is 12.1 Å². The fraction of sp³-hybridized carbons (Fsp3) is 0.667. The van der Waals surface area contributed by atoms with E-state index in [0.29, 0.717) is 18.5 Å². The Hall–Kier alpha value is -1.50. The summed E-state index contributed by atoms with van der Waals surface area (Å²) < 4.78 is 13.2. The average Bonchev–Trinajstić information content (AvgIpc) is 2.87. The summed E-state index contributed by atoms with van der Waals surface area (Å²) in [6, 6.07) is 7.11. The molecule has 5 nitrogen and oxygen atoms in total. The first kappa shape index (κ1) is 20.2. The standard InChI is InChI=1S/C21H33FN4O/c1-17(2)20-15-26(21(27)16-24-12-8-23-9-13-24)11-3-10-25(20)14-18-4-6-19(22)7-5-18/h4-7,17,20,23H,3,8-16H2,1-2H3. The highest BCUT2D eigenvalue weighted by atomic mass is 19.1. The molecule has 2 fully saturated rings. The highest BCUT2D eigenvalue weighted by Gasteiger charge is 2.30. The van der Waals surface area contributed by atoms with Crippen molar-refractivity contribution in [3.05, 3.63) is 35.6 Å². The predicted octanol–water partition coefficient (Wildman–Crippen LogP) is 1.79. The maximum Gasteiger partial charge on any atom is 0.236 e. The second-order valence-electron chi connectivity index (χ2n) is 8.13. The van der Waals surface area contributed by atoms with Gasteiger partial charge in [0.25, 0.3) is 0 Å². The van der Waals surface area contributed by atoms with Gasteiger partial charge in [-0.05, 0) is 30.0 Å². The molecule has 27 heavy (non-hydrogen) atoms. The van der Waals surface area contributed by atoms with Crippen molar-refractivity contribution in [1.82, 2.24) is 20.0 Å². The van der Waals surface area contributed by atoms with Crippen molar-refractivity contribution in [3.8, 4) is 0 Å². The SMILES string of the molecule is CC(C)C1CN(C(=O)CN2CCNCC2)CCCN1Cc1ccc(F)cc1. The third-order valence-electron chi connectivity index (χ3n) is 5.74. The van der Waals surface area contributed by atoms with Crippen molar-refractivity contribution in [3.63, 3.8) is 0 Å². The van der Waals surface area contributed by atoms with Crippen molar-refractivity contribution in [2.75, 3.05) is 52.4 Å². The van der Waals surface area contributed by atoms with Gasteiger partial charge in [0.2, 0.25) is 5.91 Å². The summed E-state index contributed by atoms with van der Waals surface area (Å²) in [5, 5.41) is 3.34. The third-order valence-corrected chi connectivity index (χ3v) is 5.74. The maximum absolute atomic E-state index is 13.2. The van der Waals surface area contributed by atoms with Gasteiger partial charge in [-0.1, -0.05) is 26.0 Å². The van der Waals surface area contributed by atoms with Crippen molar-refractivity contribution >= 4 is 5.91 Å². The summed E-state index contributed by atoms with van der Waals surface area (Å²) in [4.78, 5) is 19.7. The van der Waals surface area contributed by atoms with Crippen LogP contribution in [0.1, 0.15) is 25.8 Å². The van der Waals surface area contributed by atoms with Gasteiger partial charge in [-0.15, -0.1) is 0 Å². The fourth-order valence-corrected chi connectivity index (χ4v) is 4.10. The molecule has 1 N–H and O–H groups in total. The molecule has 1 unspecified atom stereocenters. The molecular formula is C21H33FN4O. The van der Waals surface area contributed by atoms with Crippen LogP contribution in [0.5, 0.6) is 0 Å². The smallest absolute Gasteiger partial charge is 0.236 e. The minimum absolute atomic E-state index is 0.195. The predicted molar refractivity (Wildman–Crippen MR) is 106 cm³/mol. The molecule has 2 saturated heterocycles. The van der Waals surface area contributed by atoms with Crippen LogP contribution >= 0.6 is 0 Å². The van der Waals surface area contributed by atoms with Crippen molar-refractivity contribution in [1.29, 1.82) is 0 Å². The first-order chi connectivity index (χ1) is 13.0. The monoisotopic (exact) mass is 376 g/mol. The first-order valence-corrected chi connectivity index (χ1v) is 10.2. The number of rotatable bonds is 5. The van der Waals surface area contributed by atoms with E-state index in [9.17, 15) is 9.18 Å². The number of nitrogens with one attached hydrogen (secondary N) is 1. The van der Waals surface area contributed by atoms with Crippen LogP contribution < -0.4 is 5.32 Å². The van der Waals surface area contributed by atoms with Gasteiger partial charge in [0, 0.05) is 58.4 Å². The summed E-state index contributed by atoms with van der Waals surface area (Å²) in [5.41, 5.74) is 1.13. The molecule has 150 valence electrons. The number of carbonyl (C=O) groups excluding carboxylic acids is 1. The van der Waals surface area contributed by atoms with Gasteiger partial charge in [0.15, 0.2) is 0 Å². The van der Waals surface area contributed by atoms with Gasteiger partial charge in [0.05, 0.1) is 6.54 Å². The molecule has 6 heteroatoms. The molecule has 1 aromatic carbocycles. The lowest BCUT2D eigenvalue weighted by atomic mass is 10.0. The quantitative estimate of drug-likeness (QED) is 0.850. The Balaban J connectivity index is 1.63. The minimum atomic E-state index is -0.195. The number of hydrogen-bond acceptors (Lipinski definition) is 4. The molecule has 1 atom stereocenters. The lowest BCUT2D eigenvalue weighted by Gasteiger charge is -2.35. The highest BCUT2D eigenvalue weighted by Crippen LogP contribution is 2.20. The molecule has 2 aliphatic heterocycles. The molecule has 0 saturated carbocycles. The largest absolute Gasteiger partial charge is 0.340 e. The van der Waals surface area contributed by atoms with Gasteiger partial charge in [-0.25, -0.2) is 4.39 Å². The number of halogens is 1. The van der Waals surface area contributed by atoms with Crippen LogP contribution in [-0.4, -0.2) is 79.0 Å². The molecule has 0 aliphatic carbocycles. The third kappa shape index (κ3) is 5.74. The van der Waals surface area contributed by atoms with E-state index in [-0.39, 0.29) is 11.7 Å². The number of hydrogen-bond donors (Lipinski definition) is 1. The molecule has 0 bridgehead atoms. The molecule has 3 rings (SSSR count). The van der Waals surface area contributed by atoms with Crippen LogP contribution in [0.15, 0.2) is 24.3 Å². The zero-order chi connectivity index (χ0) is 19.2. The van der Waals surface area contributed by atoms with Crippen LogP contribution in [0.25, 0.3) is 0 Å². The molecule has 2 heterocycles. The summed E-state index contributed by atoms with van der Waals surface area (Å²) in [6.45, 7) is 12.2. The number of amides is 1. The van der Waals surface area contributed by atoms with Gasteiger partial charge in [-0.3, -0.25) is 14.6 Å². The van der Waals surface area contributed by atoms with E-state index in [1.54, 1.807) is 0 Å². The van der Waals surface area contributed by atoms with E-state index in [4.69, 9.17) is 0 Å². The number of piperazine rings is 1. The molecule has 1 amide bonds. The molecule has 0 spiro atoms. The summed E-state index contributed by atoms with van der Waals surface area (Å²) in [5.74, 6) is 0.518. The van der Waals surface area contributed by atoms with E-state index in [0.717, 1.165) is 64.3 Å². The summed E-state index contributed by atoms with van der Waals surface area (Å²) in [7, 11) is 0. The molecule has 0 aromatic heterocycles. The van der Waals surface area contributed by atoms with Gasteiger partial charge >= 0.3 is 0 Å². The normalized spacial score (nSPS) is 22.8. The Kier molecular flexibility index (Phi) is 7.21. The van der Waals surface area contributed by atoms with Crippen LogP contribution in [0, 0.1) is 11.7 Å². The second kappa shape index (κ2) is 9.62. The topological polar surface area (TPSA) is 38.8 Å². The molecule has 2 aliphatic rings. The van der Waals surface area contributed by atoms with Gasteiger partial charge in [0.1, 0.15) is 5.82 Å². The Bertz CT molecular complexity index is 601. The van der Waals surface area contributed by atoms with Crippen molar-refractivity contribution in [2.45, 2.75) is 32.9 Å². The van der Waals surface area contributed by atoms with E-state index in [1.165, 1.54) is 12.1 Å². The lowest BCUT2D eigenvalue weighted by molar-refractivity contribution is -0.133. The number of carbonyl (C=O) groups is 1. The Labute approximate surface area is 162 Å². The maximum atomic E-state index is 13.2. The highest BCUT2D eigenvalue weighted by molar-refractivity contribution is 5.78. The van der Waals surface area contributed by atoms with Crippen LogP contribution in [0.4, 0.5) is 4.39 Å². The van der Waals surface area contributed by atoms with Crippen LogP contribution in [0.3, 0.4) is 0 Å². The Morgan fingerprint density at radius 2 is 1.85 bits per heavy atom. The fourth-order valence-electron chi connectivity index (χ4n) is 4.10. The van der Waals surface area contributed by atoms with E-state index in [2.05, 4.69) is 33.9 Å². The van der Waals surface area contributed by atoms with Crippen LogP contribution in [0.2, 0.25) is 0 Å².